The second-order valence-electron chi connectivity index (χ2n) is 3.45. The van der Waals surface area contributed by atoms with E-state index in [2.05, 4.69) is 10.3 Å². The highest BCUT2D eigenvalue weighted by molar-refractivity contribution is 8.13. The zero-order valence-electron chi connectivity index (χ0n) is 8.85. The van der Waals surface area contributed by atoms with Crippen LogP contribution in [0.2, 0.25) is 5.15 Å². The molecule has 0 aromatic carbocycles. The van der Waals surface area contributed by atoms with E-state index in [1.54, 1.807) is 12.1 Å². The number of nitrogens with zero attached hydrogens (tertiary/aromatic N) is 2. The molecule has 7 heteroatoms. The smallest absolute Gasteiger partial charge is 0.282 e. The molecule has 0 radical (unpaired) electrons. The molecule has 0 saturated carbocycles. The summed E-state index contributed by atoms with van der Waals surface area (Å²) < 4.78 is 0. The molecule has 1 N–H and O–H groups in total. The van der Waals surface area contributed by atoms with Gasteiger partial charge in [0.05, 0.1) is 0 Å². The molecular weight excluding hydrogens is 262 g/mol. The van der Waals surface area contributed by atoms with Crippen LogP contribution >= 0.6 is 23.4 Å². The SMILES string of the molecule is O=C(CN1CCSC1=O)Nc1ccnc(Cl)c1. The van der Waals surface area contributed by atoms with Crippen molar-refractivity contribution in [1.29, 1.82) is 0 Å². The fourth-order valence-corrected chi connectivity index (χ4v) is 2.42. The summed E-state index contributed by atoms with van der Waals surface area (Å²) in [7, 11) is 0. The number of hydrogen-bond acceptors (Lipinski definition) is 4. The highest BCUT2D eigenvalue weighted by Gasteiger charge is 2.23. The molecule has 17 heavy (non-hydrogen) atoms. The molecular formula is C10H10ClN3O2S. The van der Waals surface area contributed by atoms with Crippen molar-refractivity contribution < 1.29 is 9.59 Å². The lowest BCUT2D eigenvalue weighted by atomic mass is 10.4. The maximum atomic E-state index is 11.6. The Morgan fingerprint density at radius 1 is 1.65 bits per heavy atom. The molecule has 0 bridgehead atoms. The summed E-state index contributed by atoms with van der Waals surface area (Å²) in [6.07, 6.45) is 1.51. The van der Waals surface area contributed by atoms with Crippen LogP contribution < -0.4 is 5.32 Å². The fraction of sp³-hybridized carbons (Fsp3) is 0.300. The number of amides is 2. The van der Waals surface area contributed by atoms with E-state index in [0.717, 1.165) is 5.75 Å². The number of pyridine rings is 1. The van der Waals surface area contributed by atoms with Crippen LogP contribution in [0.3, 0.4) is 0 Å². The second-order valence-corrected chi connectivity index (χ2v) is 4.88. The normalized spacial score (nSPS) is 15.1. The van der Waals surface area contributed by atoms with E-state index < -0.39 is 0 Å². The summed E-state index contributed by atoms with van der Waals surface area (Å²) in [5.74, 6) is 0.510. The molecule has 5 nitrogen and oxygen atoms in total. The number of carbonyl (C=O) groups excluding carboxylic acids is 2. The van der Waals surface area contributed by atoms with Crippen LogP contribution in [0.4, 0.5) is 10.5 Å². The highest BCUT2D eigenvalue weighted by Crippen LogP contribution is 2.17. The molecule has 1 aromatic heterocycles. The minimum absolute atomic E-state index is 0.0482. The summed E-state index contributed by atoms with van der Waals surface area (Å²) in [6, 6.07) is 3.20. The van der Waals surface area contributed by atoms with Gasteiger partial charge in [-0.15, -0.1) is 0 Å². The first-order chi connectivity index (χ1) is 8.15. The Labute approximate surface area is 108 Å². The van der Waals surface area contributed by atoms with Crippen LogP contribution in [0.25, 0.3) is 0 Å². The van der Waals surface area contributed by atoms with Crippen molar-refractivity contribution in [2.75, 3.05) is 24.2 Å². The third kappa shape index (κ3) is 3.34. The number of carbonyl (C=O) groups is 2. The van der Waals surface area contributed by atoms with Crippen LogP contribution in [0.15, 0.2) is 18.3 Å². The largest absolute Gasteiger partial charge is 0.324 e. The van der Waals surface area contributed by atoms with Crippen LogP contribution in [0, 0.1) is 0 Å². The van der Waals surface area contributed by atoms with Crippen molar-refractivity contribution in [1.82, 2.24) is 9.88 Å². The van der Waals surface area contributed by atoms with Gasteiger partial charge in [-0.2, -0.15) is 0 Å². The molecule has 90 valence electrons. The van der Waals surface area contributed by atoms with Crippen LogP contribution in [-0.4, -0.2) is 39.9 Å². The van der Waals surface area contributed by atoms with Crippen molar-refractivity contribution in [3.05, 3.63) is 23.5 Å². The number of aromatic nitrogens is 1. The average Bonchev–Trinajstić information content (AvgIpc) is 2.64. The molecule has 2 rings (SSSR count). The van der Waals surface area contributed by atoms with E-state index in [0.29, 0.717) is 17.4 Å². The Morgan fingerprint density at radius 3 is 3.12 bits per heavy atom. The van der Waals surface area contributed by atoms with Gasteiger partial charge in [-0.05, 0) is 12.1 Å². The predicted octanol–water partition coefficient (Wildman–Crippen LogP) is 1.84. The van der Waals surface area contributed by atoms with Crippen molar-refractivity contribution in [2.45, 2.75) is 0 Å². The number of hydrogen-bond donors (Lipinski definition) is 1. The maximum absolute atomic E-state index is 11.6. The average molecular weight is 272 g/mol. The first kappa shape index (κ1) is 12.2. The van der Waals surface area contributed by atoms with E-state index in [1.807, 2.05) is 0 Å². The third-order valence-corrected chi connectivity index (χ3v) is 3.29. The van der Waals surface area contributed by atoms with Crippen molar-refractivity contribution in [3.8, 4) is 0 Å². The lowest BCUT2D eigenvalue weighted by Crippen LogP contribution is -2.33. The molecule has 1 saturated heterocycles. The summed E-state index contributed by atoms with van der Waals surface area (Å²) in [5, 5.41) is 2.93. The Balaban J connectivity index is 1.91. The van der Waals surface area contributed by atoms with E-state index in [1.165, 1.54) is 22.9 Å². The monoisotopic (exact) mass is 271 g/mol. The van der Waals surface area contributed by atoms with Crippen molar-refractivity contribution >= 4 is 40.2 Å². The van der Waals surface area contributed by atoms with Crippen molar-refractivity contribution in [3.63, 3.8) is 0 Å². The van der Waals surface area contributed by atoms with Crippen LogP contribution in [-0.2, 0) is 4.79 Å². The number of thioether (sulfide) groups is 1. The summed E-state index contributed by atoms with van der Waals surface area (Å²) in [6.45, 7) is 0.694. The van der Waals surface area contributed by atoms with Gasteiger partial charge >= 0.3 is 0 Å². The number of halogens is 1. The quantitative estimate of drug-likeness (QED) is 0.852. The van der Waals surface area contributed by atoms with E-state index in [4.69, 9.17) is 11.6 Å². The molecule has 0 spiro atoms. The Bertz CT molecular complexity index is 455. The molecule has 0 unspecified atom stereocenters. The summed E-state index contributed by atoms with van der Waals surface area (Å²) in [5.41, 5.74) is 0.578. The Morgan fingerprint density at radius 2 is 2.47 bits per heavy atom. The highest BCUT2D eigenvalue weighted by atomic mass is 35.5. The molecule has 1 aromatic rings. The van der Waals surface area contributed by atoms with Gasteiger partial charge in [0.2, 0.25) is 5.91 Å². The molecule has 1 fully saturated rings. The third-order valence-electron chi connectivity index (χ3n) is 2.19. The van der Waals surface area contributed by atoms with E-state index in [-0.39, 0.29) is 17.7 Å². The molecule has 1 aliphatic heterocycles. The van der Waals surface area contributed by atoms with Gasteiger partial charge < -0.3 is 10.2 Å². The van der Waals surface area contributed by atoms with Gasteiger partial charge in [-0.1, -0.05) is 23.4 Å². The first-order valence-corrected chi connectivity index (χ1v) is 6.34. The molecule has 2 heterocycles. The Hall–Kier alpha value is -1.27. The zero-order valence-corrected chi connectivity index (χ0v) is 10.4. The van der Waals surface area contributed by atoms with Gasteiger partial charge in [0.25, 0.3) is 5.24 Å². The summed E-state index contributed by atoms with van der Waals surface area (Å²) in [4.78, 5) is 28.3. The minimum atomic E-state index is -0.233. The van der Waals surface area contributed by atoms with Crippen LogP contribution in [0.1, 0.15) is 0 Å². The predicted molar refractivity (Wildman–Crippen MR) is 67.3 cm³/mol. The Kier molecular flexibility index (Phi) is 3.86. The van der Waals surface area contributed by atoms with E-state index >= 15 is 0 Å². The maximum Gasteiger partial charge on any atom is 0.282 e. The van der Waals surface area contributed by atoms with Gasteiger partial charge in [-0.3, -0.25) is 9.59 Å². The topological polar surface area (TPSA) is 62.3 Å². The summed E-state index contributed by atoms with van der Waals surface area (Å²) >= 11 is 6.92. The van der Waals surface area contributed by atoms with Gasteiger partial charge in [0, 0.05) is 24.2 Å². The lowest BCUT2D eigenvalue weighted by molar-refractivity contribution is -0.116. The number of anilines is 1. The minimum Gasteiger partial charge on any atom is -0.324 e. The molecule has 0 atom stereocenters. The molecule has 2 amide bonds. The first-order valence-electron chi connectivity index (χ1n) is 4.98. The lowest BCUT2D eigenvalue weighted by Gasteiger charge is -2.13. The fourth-order valence-electron chi connectivity index (χ4n) is 1.42. The van der Waals surface area contributed by atoms with Gasteiger partial charge in [0.15, 0.2) is 0 Å². The zero-order chi connectivity index (χ0) is 12.3. The van der Waals surface area contributed by atoms with Gasteiger partial charge in [0.1, 0.15) is 11.7 Å². The number of rotatable bonds is 3. The number of nitrogens with one attached hydrogen (secondary N) is 1. The van der Waals surface area contributed by atoms with Crippen LogP contribution in [0.5, 0.6) is 0 Å². The second kappa shape index (κ2) is 5.37. The molecule has 0 aliphatic carbocycles. The van der Waals surface area contributed by atoms with E-state index in [9.17, 15) is 9.59 Å². The van der Waals surface area contributed by atoms with Crippen molar-refractivity contribution in [2.24, 2.45) is 0 Å². The standard InChI is InChI=1S/C10H10ClN3O2S/c11-8-5-7(1-2-12-8)13-9(15)6-14-3-4-17-10(14)16/h1-2,5H,3-4,6H2,(H,12,13,15). The van der Waals surface area contributed by atoms with Gasteiger partial charge in [-0.25, -0.2) is 4.98 Å². The molecule has 1 aliphatic rings.